The number of anilines is 1. The van der Waals surface area contributed by atoms with E-state index in [4.69, 9.17) is 10.5 Å². The smallest absolute Gasteiger partial charge is 0.423 e. The summed E-state index contributed by atoms with van der Waals surface area (Å²) in [6.45, 7) is 6.65. The van der Waals surface area contributed by atoms with Crippen molar-refractivity contribution < 1.29 is 14.3 Å². The van der Waals surface area contributed by atoms with Crippen molar-refractivity contribution in [2.24, 2.45) is 5.73 Å². The standard InChI is InChI=1S/C13H18BrN3O3/c1-8(15)11(18)17(12(19)20-13(2,3)4)10-6-5-9(14)7-16-10/h5-8H,15H2,1-4H3/t8-/m0/s1. The molecule has 2 amide bonds. The number of halogens is 1. The zero-order chi connectivity index (χ0) is 15.5. The number of nitrogens with zero attached hydrogens (tertiary/aromatic N) is 2. The third-order valence-electron chi connectivity index (χ3n) is 2.13. The van der Waals surface area contributed by atoms with Gasteiger partial charge in [0.15, 0.2) is 0 Å². The number of nitrogens with two attached hydrogens (primary N) is 1. The van der Waals surface area contributed by atoms with Crippen LogP contribution in [0.5, 0.6) is 0 Å². The molecule has 0 unspecified atom stereocenters. The first-order valence-corrected chi connectivity index (χ1v) is 6.85. The molecule has 0 aliphatic carbocycles. The van der Waals surface area contributed by atoms with Gasteiger partial charge in [0.1, 0.15) is 11.4 Å². The summed E-state index contributed by atoms with van der Waals surface area (Å²) in [5.74, 6) is -0.404. The van der Waals surface area contributed by atoms with Gasteiger partial charge in [-0.15, -0.1) is 0 Å². The van der Waals surface area contributed by atoms with Crippen LogP contribution in [0, 0.1) is 0 Å². The Balaban J connectivity index is 3.12. The van der Waals surface area contributed by atoms with Gasteiger partial charge in [0.25, 0.3) is 5.91 Å². The van der Waals surface area contributed by atoms with Crippen LogP contribution < -0.4 is 10.6 Å². The summed E-state index contributed by atoms with van der Waals surface area (Å²) >= 11 is 3.24. The van der Waals surface area contributed by atoms with Crippen molar-refractivity contribution in [3.8, 4) is 0 Å². The van der Waals surface area contributed by atoms with Crippen LogP contribution in [0.3, 0.4) is 0 Å². The van der Waals surface area contributed by atoms with Gasteiger partial charge >= 0.3 is 6.09 Å². The molecule has 0 spiro atoms. The molecule has 0 saturated carbocycles. The highest BCUT2D eigenvalue weighted by Gasteiger charge is 2.31. The van der Waals surface area contributed by atoms with E-state index in [1.165, 1.54) is 19.2 Å². The largest absolute Gasteiger partial charge is 0.443 e. The van der Waals surface area contributed by atoms with Crippen LogP contribution in [0.25, 0.3) is 0 Å². The van der Waals surface area contributed by atoms with Crippen molar-refractivity contribution in [3.63, 3.8) is 0 Å². The number of hydrogen-bond acceptors (Lipinski definition) is 5. The number of pyridine rings is 1. The van der Waals surface area contributed by atoms with E-state index in [9.17, 15) is 9.59 Å². The normalized spacial score (nSPS) is 12.7. The first kappa shape index (κ1) is 16.6. The molecular weight excluding hydrogens is 326 g/mol. The Kier molecular flexibility index (Phi) is 5.24. The zero-order valence-electron chi connectivity index (χ0n) is 11.9. The van der Waals surface area contributed by atoms with Gasteiger partial charge in [-0.1, -0.05) is 0 Å². The maximum atomic E-state index is 12.2. The number of imide groups is 1. The Bertz CT molecular complexity index is 495. The van der Waals surface area contributed by atoms with E-state index in [2.05, 4.69) is 20.9 Å². The molecule has 1 rings (SSSR count). The molecule has 1 aromatic heterocycles. The molecule has 0 aromatic carbocycles. The Morgan fingerprint density at radius 3 is 2.40 bits per heavy atom. The molecule has 0 aliphatic rings. The quantitative estimate of drug-likeness (QED) is 0.891. The van der Waals surface area contributed by atoms with Crippen molar-refractivity contribution in [3.05, 3.63) is 22.8 Å². The summed E-state index contributed by atoms with van der Waals surface area (Å²) in [6.07, 6.45) is 0.691. The molecule has 0 aliphatic heterocycles. The van der Waals surface area contributed by atoms with E-state index in [1.54, 1.807) is 26.8 Å². The molecule has 0 radical (unpaired) electrons. The lowest BCUT2D eigenvalue weighted by atomic mass is 10.2. The third-order valence-corrected chi connectivity index (χ3v) is 2.60. The summed E-state index contributed by atoms with van der Waals surface area (Å²) in [7, 11) is 0. The van der Waals surface area contributed by atoms with Gasteiger partial charge in [-0.2, -0.15) is 4.90 Å². The van der Waals surface area contributed by atoms with Crippen LogP contribution in [0.2, 0.25) is 0 Å². The minimum atomic E-state index is -0.840. The SMILES string of the molecule is C[C@H](N)C(=O)N(C(=O)OC(C)(C)C)c1ccc(Br)cn1. The number of rotatable bonds is 2. The van der Waals surface area contributed by atoms with Crippen LogP contribution in [-0.2, 0) is 9.53 Å². The lowest BCUT2D eigenvalue weighted by Crippen LogP contribution is -2.48. The van der Waals surface area contributed by atoms with Crippen LogP contribution in [-0.4, -0.2) is 28.6 Å². The van der Waals surface area contributed by atoms with E-state index in [0.717, 1.165) is 9.37 Å². The highest BCUT2D eigenvalue weighted by molar-refractivity contribution is 9.10. The van der Waals surface area contributed by atoms with Crippen molar-refractivity contribution in [1.29, 1.82) is 0 Å². The van der Waals surface area contributed by atoms with E-state index in [-0.39, 0.29) is 5.82 Å². The first-order valence-electron chi connectivity index (χ1n) is 6.06. The molecule has 0 fully saturated rings. The summed E-state index contributed by atoms with van der Waals surface area (Å²) in [5.41, 5.74) is 4.85. The van der Waals surface area contributed by atoms with Crippen LogP contribution in [0.1, 0.15) is 27.7 Å². The molecule has 20 heavy (non-hydrogen) atoms. The summed E-state index contributed by atoms with van der Waals surface area (Å²) in [5, 5.41) is 0. The van der Waals surface area contributed by atoms with Crippen molar-refractivity contribution in [2.75, 3.05) is 4.90 Å². The molecule has 1 aromatic rings. The van der Waals surface area contributed by atoms with Gasteiger partial charge in [0.05, 0.1) is 6.04 Å². The molecule has 6 nitrogen and oxygen atoms in total. The van der Waals surface area contributed by atoms with E-state index >= 15 is 0 Å². The zero-order valence-corrected chi connectivity index (χ0v) is 13.5. The van der Waals surface area contributed by atoms with E-state index in [0.29, 0.717) is 0 Å². The lowest BCUT2D eigenvalue weighted by Gasteiger charge is -2.26. The number of amides is 2. The van der Waals surface area contributed by atoms with Gasteiger partial charge in [0.2, 0.25) is 0 Å². The van der Waals surface area contributed by atoms with Gasteiger partial charge < -0.3 is 10.5 Å². The second-order valence-electron chi connectivity index (χ2n) is 5.28. The Morgan fingerprint density at radius 1 is 1.40 bits per heavy atom. The van der Waals surface area contributed by atoms with Crippen molar-refractivity contribution in [2.45, 2.75) is 39.3 Å². The lowest BCUT2D eigenvalue weighted by molar-refractivity contribution is -0.119. The van der Waals surface area contributed by atoms with Crippen molar-refractivity contribution >= 4 is 33.7 Å². The van der Waals surface area contributed by atoms with E-state index in [1.807, 2.05) is 0 Å². The number of carbonyl (C=O) groups is 2. The fourth-order valence-corrected chi connectivity index (χ4v) is 1.54. The second-order valence-corrected chi connectivity index (χ2v) is 6.19. The molecule has 110 valence electrons. The number of aromatic nitrogens is 1. The fourth-order valence-electron chi connectivity index (χ4n) is 1.31. The molecule has 7 heteroatoms. The van der Waals surface area contributed by atoms with Crippen molar-refractivity contribution in [1.82, 2.24) is 4.98 Å². The van der Waals surface area contributed by atoms with Gasteiger partial charge in [-0.25, -0.2) is 9.78 Å². The summed E-state index contributed by atoms with van der Waals surface area (Å²) < 4.78 is 5.95. The molecule has 1 heterocycles. The van der Waals surface area contributed by atoms with Gasteiger partial charge in [-0.05, 0) is 55.8 Å². The minimum absolute atomic E-state index is 0.171. The third kappa shape index (κ3) is 4.57. The molecule has 1 atom stereocenters. The molecule has 0 saturated heterocycles. The van der Waals surface area contributed by atoms with E-state index < -0.39 is 23.6 Å². The number of ether oxygens (including phenoxy) is 1. The Hall–Kier alpha value is -1.47. The second kappa shape index (κ2) is 6.32. The highest BCUT2D eigenvalue weighted by Crippen LogP contribution is 2.19. The van der Waals surface area contributed by atoms with Gasteiger partial charge in [0, 0.05) is 10.7 Å². The highest BCUT2D eigenvalue weighted by atomic mass is 79.9. The maximum Gasteiger partial charge on any atom is 0.423 e. The average Bonchev–Trinajstić information content (AvgIpc) is 2.29. The number of carbonyl (C=O) groups excluding carboxylic acids is 2. The Labute approximate surface area is 126 Å². The average molecular weight is 344 g/mol. The molecule has 0 bridgehead atoms. The number of hydrogen-bond donors (Lipinski definition) is 1. The predicted octanol–water partition coefficient (Wildman–Crippen LogP) is 2.46. The first-order chi connectivity index (χ1) is 9.11. The van der Waals surface area contributed by atoms with Crippen LogP contribution >= 0.6 is 15.9 Å². The van der Waals surface area contributed by atoms with Crippen LogP contribution in [0.15, 0.2) is 22.8 Å². The molecular formula is C13H18BrN3O3. The minimum Gasteiger partial charge on any atom is -0.443 e. The van der Waals surface area contributed by atoms with Crippen LogP contribution in [0.4, 0.5) is 10.6 Å². The monoisotopic (exact) mass is 343 g/mol. The Morgan fingerprint density at radius 2 is 2.00 bits per heavy atom. The van der Waals surface area contributed by atoms with Gasteiger partial charge in [-0.3, -0.25) is 4.79 Å². The topological polar surface area (TPSA) is 85.5 Å². The molecule has 2 N–H and O–H groups in total. The predicted molar refractivity (Wildman–Crippen MR) is 79.3 cm³/mol. The summed E-state index contributed by atoms with van der Waals surface area (Å²) in [4.78, 5) is 29.2. The fraction of sp³-hybridized carbons (Fsp3) is 0.462. The summed E-state index contributed by atoms with van der Waals surface area (Å²) in [6, 6.07) is 2.37. The maximum absolute atomic E-state index is 12.2.